The number of ether oxygens (including phenoxy) is 1. The maximum atomic E-state index is 11.7. The first kappa shape index (κ1) is 13.3. The molecule has 0 heterocycles. The van der Waals surface area contributed by atoms with E-state index in [2.05, 4.69) is 32.0 Å². The van der Waals surface area contributed by atoms with Crippen molar-refractivity contribution in [3.63, 3.8) is 0 Å². The molecular weight excluding hydrogens is 268 g/mol. The Morgan fingerprint density at radius 1 is 1.10 bits per heavy atom. The Balaban J connectivity index is 2.26. The fraction of sp³-hybridized carbons (Fsp3) is 0.235. The Hall–Kier alpha value is -1.74. The molecule has 2 aromatic rings. The highest BCUT2D eigenvalue weighted by atomic mass is 32.1. The number of hydrogen-bond donors (Lipinski definition) is 1. The molecule has 20 heavy (non-hydrogen) atoms. The van der Waals surface area contributed by atoms with E-state index in [0.29, 0.717) is 5.56 Å². The predicted octanol–water partition coefficient (Wildman–Crippen LogP) is 3.96. The van der Waals surface area contributed by atoms with Crippen molar-refractivity contribution in [2.45, 2.75) is 18.6 Å². The van der Waals surface area contributed by atoms with Gasteiger partial charge in [0.2, 0.25) is 0 Å². The summed E-state index contributed by atoms with van der Waals surface area (Å²) in [4.78, 5) is 11.7. The van der Waals surface area contributed by atoms with Gasteiger partial charge in [-0.1, -0.05) is 29.8 Å². The lowest BCUT2D eigenvalue weighted by Gasteiger charge is -2.20. The maximum absolute atomic E-state index is 11.7. The molecule has 102 valence electrons. The lowest BCUT2D eigenvalue weighted by Crippen LogP contribution is -2.12. The summed E-state index contributed by atoms with van der Waals surface area (Å²) < 4.78 is 4.47. The van der Waals surface area contributed by atoms with Crippen molar-refractivity contribution < 1.29 is 9.53 Å². The minimum Gasteiger partial charge on any atom is -0.465 e. The molecule has 0 aliphatic heterocycles. The van der Waals surface area contributed by atoms with E-state index in [4.69, 9.17) is 17.4 Å². The van der Waals surface area contributed by atoms with E-state index >= 15 is 0 Å². The highest BCUT2D eigenvalue weighted by Gasteiger charge is 2.36. The highest BCUT2D eigenvalue weighted by molar-refractivity contribution is 7.81. The Bertz CT molecular complexity index is 717. The molecule has 0 bridgehead atoms. The second-order valence-corrected chi connectivity index (χ2v) is 6.27. The molecule has 0 N–H and O–H groups in total. The molecule has 0 spiro atoms. The minimum absolute atomic E-state index is 0.311. The van der Waals surface area contributed by atoms with E-state index in [1.54, 1.807) is 6.07 Å². The van der Waals surface area contributed by atoms with E-state index < -0.39 is 0 Å². The molecular formula is C17H16O2S. The van der Waals surface area contributed by atoms with E-state index in [-0.39, 0.29) is 10.7 Å². The van der Waals surface area contributed by atoms with Crippen LogP contribution in [0.4, 0.5) is 0 Å². The number of benzene rings is 2. The van der Waals surface area contributed by atoms with Crippen LogP contribution in [0, 0.1) is 6.92 Å². The first-order valence-electron chi connectivity index (χ1n) is 6.52. The van der Waals surface area contributed by atoms with Gasteiger partial charge in [-0.05, 0) is 48.2 Å². The van der Waals surface area contributed by atoms with Crippen LogP contribution in [0.15, 0.2) is 36.4 Å². The third kappa shape index (κ3) is 1.77. The number of fused-ring (bicyclic) bond motifs is 3. The van der Waals surface area contributed by atoms with Gasteiger partial charge in [-0.15, -0.1) is 0 Å². The van der Waals surface area contributed by atoms with E-state index in [0.717, 1.165) is 16.7 Å². The molecule has 2 aromatic carbocycles. The van der Waals surface area contributed by atoms with Crippen LogP contribution in [0.5, 0.6) is 0 Å². The van der Waals surface area contributed by atoms with Crippen LogP contribution in [0.25, 0.3) is 11.1 Å². The number of rotatable bonds is 1. The molecule has 0 radical (unpaired) electrons. The van der Waals surface area contributed by atoms with Gasteiger partial charge in [0.15, 0.2) is 0 Å². The zero-order valence-electron chi connectivity index (χ0n) is 11.7. The second-order valence-electron chi connectivity index (χ2n) is 5.37. The molecule has 0 saturated heterocycles. The average molecular weight is 284 g/mol. The Morgan fingerprint density at radius 3 is 2.55 bits per heavy atom. The summed E-state index contributed by atoms with van der Waals surface area (Å²) >= 11 is 4.85. The van der Waals surface area contributed by atoms with Crippen LogP contribution in [0.3, 0.4) is 0 Å². The molecule has 1 aliphatic carbocycles. The monoisotopic (exact) mass is 284 g/mol. The maximum Gasteiger partial charge on any atom is 0.337 e. The number of hydrogen-bond acceptors (Lipinski definition) is 3. The van der Waals surface area contributed by atoms with Gasteiger partial charge in [0.05, 0.1) is 17.4 Å². The summed E-state index contributed by atoms with van der Waals surface area (Å²) in [5.74, 6) is -0.311. The van der Waals surface area contributed by atoms with Crippen molar-refractivity contribution >= 4 is 18.6 Å². The molecule has 1 atom stereocenters. The quantitative estimate of drug-likeness (QED) is 0.634. The van der Waals surface area contributed by atoms with Crippen LogP contribution >= 0.6 is 12.6 Å². The minimum atomic E-state index is -0.328. The second kappa shape index (κ2) is 4.38. The van der Waals surface area contributed by atoms with Crippen LogP contribution in [-0.4, -0.2) is 13.1 Å². The zero-order chi connectivity index (χ0) is 14.5. The van der Waals surface area contributed by atoms with Crippen molar-refractivity contribution in [1.82, 2.24) is 0 Å². The van der Waals surface area contributed by atoms with Crippen molar-refractivity contribution in [2.24, 2.45) is 0 Å². The Kier molecular flexibility index (Phi) is 2.91. The third-order valence-electron chi connectivity index (χ3n) is 3.95. The molecule has 0 aromatic heterocycles. The van der Waals surface area contributed by atoms with Crippen molar-refractivity contribution in [3.8, 4) is 11.1 Å². The summed E-state index contributed by atoms with van der Waals surface area (Å²) in [6.07, 6.45) is 0. The average Bonchev–Trinajstić information content (AvgIpc) is 2.66. The van der Waals surface area contributed by atoms with Gasteiger partial charge in [-0.3, -0.25) is 0 Å². The molecule has 0 saturated carbocycles. The lowest BCUT2D eigenvalue weighted by molar-refractivity contribution is 0.0601. The summed E-state index contributed by atoms with van der Waals surface area (Å²) in [7, 11) is 1.40. The smallest absolute Gasteiger partial charge is 0.337 e. The largest absolute Gasteiger partial charge is 0.465 e. The summed E-state index contributed by atoms with van der Waals surface area (Å²) in [6.45, 7) is 4.17. The SMILES string of the molecule is COC(=O)c1ccc2c(c1)-c1ccc(C)cc1C2(C)S. The van der Waals surface area contributed by atoms with Gasteiger partial charge in [0.1, 0.15) is 0 Å². The van der Waals surface area contributed by atoms with Gasteiger partial charge >= 0.3 is 5.97 Å². The third-order valence-corrected chi connectivity index (χ3v) is 4.44. The fourth-order valence-electron chi connectivity index (χ4n) is 2.88. The van der Waals surface area contributed by atoms with Crippen molar-refractivity contribution in [2.75, 3.05) is 7.11 Å². The van der Waals surface area contributed by atoms with Crippen molar-refractivity contribution in [1.29, 1.82) is 0 Å². The molecule has 2 nitrogen and oxygen atoms in total. The normalized spacial score (nSPS) is 19.4. The molecule has 3 heteroatoms. The number of methoxy groups -OCH3 is 1. The Morgan fingerprint density at radius 2 is 1.85 bits per heavy atom. The summed E-state index contributed by atoms with van der Waals surface area (Å²) in [5, 5.41) is 0. The standard InChI is InChI=1S/C17H16O2S/c1-10-4-6-12-13-9-11(16(18)19-3)5-7-14(13)17(2,20)15(12)8-10/h4-9,20H,1-3H3. The molecule has 3 rings (SSSR count). The van der Waals surface area contributed by atoms with Crippen LogP contribution in [-0.2, 0) is 9.48 Å². The first-order valence-corrected chi connectivity index (χ1v) is 6.96. The molecule has 1 aliphatic rings. The zero-order valence-corrected chi connectivity index (χ0v) is 12.6. The molecule has 0 amide bonds. The fourth-order valence-corrected chi connectivity index (χ4v) is 3.26. The van der Waals surface area contributed by atoms with Crippen LogP contribution in [0.2, 0.25) is 0 Å². The van der Waals surface area contributed by atoms with Gasteiger partial charge in [-0.25, -0.2) is 4.79 Å². The lowest BCUT2D eigenvalue weighted by atomic mass is 9.96. The number of thiol groups is 1. The van der Waals surface area contributed by atoms with Gasteiger partial charge in [-0.2, -0.15) is 12.6 Å². The van der Waals surface area contributed by atoms with E-state index in [9.17, 15) is 4.79 Å². The first-order chi connectivity index (χ1) is 9.45. The van der Waals surface area contributed by atoms with E-state index in [1.165, 1.54) is 18.2 Å². The molecule has 0 fully saturated rings. The van der Waals surface area contributed by atoms with Gasteiger partial charge in [0.25, 0.3) is 0 Å². The number of carbonyl (C=O) groups is 1. The summed E-state index contributed by atoms with van der Waals surface area (Å²) in [5.41, 5.74) is 6.33. The topological polar surface area (TPSA) is 26.3 Å². The predicted molar refractivity (Wildman–Crippen MR) is 83.4 cm³/mol. The Labute approximate surface area is 124 Å². The van der Waals surface area contributed by atoms with Crippen molar-refractivity contribution in [3.05, 3.63) is 58.7 Å². The summed E-state index contributed by atoms with van der Waals surface area (Å²) in [6, 6.07) is 12.0. The number of aryl methyl sites for hydroxylation is 1. The number of esters is 1. The van der Waals surface area contributed by atoms with Crippen LogP contribution in [0.1, 0.15) is 34.0 Å². The van der Waals surface area contributed by atoms with E-state index in [1.807, 2.05) is 12.1 Å². The molecule has 1 unspecified atom stereocenters. The van der Waals surface area contributed by atoms with Crippen LogP contribution < -0.4 is 0 Å². The number of carbonyl (C=O) groups excluding carboxylic acids is 1. The van der Waals surface area contributed by atoms with Gasteiger partial charge in [0, 0.05) is 0 Å². The highest BCUT2D eigenvalue weighted by Crippen LogP contribution is 2.51. The van der Waals surface area contributed by atoms with Gasteiger partial charge < -0.3 is 4.74 Å².